The van der Waals surface area contributed by atoms with Gasteiger partial charge in [0.2, 0.25) is 0 Å². The Labute approximate surface area is 127 Å². The molecule has 21 heavy (non-hydrogen) atoms. The number of nitrogens with zero attached hydrogens (tertiary/aromatic N) is 2. The van der Waals surface area contributed by atoms with Crippen LogP contribution in [0.3, 0.4) is 0 Å². The van der Waals surface area contributed by atoms with Crippen molar-refractivity contribution in [1.82, 2.24) is 14.6 Å². The van der Waals surface area contributed by atoms with Crippen molar-refractivity contribution in [2.24, 2.45) is 0 Å². The molecule has 0 bridgehead atoms. The highest BCUT2D eigenvalue weighted by molar-refractivity contribution is 7.89. The number of aromatic nitrogens is 1. The topological polar surface area (TPSA) is 62.3 Å². The Morgan fingerprint density at radius 2 is 2.10 bits per heavy atom. The summed E-state index contributed by atoms with van der Waals surface area (Å²) in [4.78, 5) is 4.08. The predicted molar refractivity (Wildman–Crippen MR) is 84.1 cm³/mol. The second-order valence-corrected chi connectivity index (χ2v) is 6.61. The van der Waals surface area contributed by atoms with Crippen molar-refractivity contribution in [1.29, 1.82) is 0 Å². The van der Waals surface area contributed by atoms with Crippen LogP contribution >= 0.6 is 0 Å². The summed E-state index contributed by atoms with van der Waals surface area (Å²) < 4.78 is 26.2. The van der Waals surface area contributed by atoms with E-state index in [2.05, 4.69) is 23.1 Å². The van der Waals surface area contributed by atoms with Gasteiger partial charge >= 0.3 is 0 Å². The summed E-state index contributed by atoms with van der Waals surface area (Å²) in [5.41, 5.74) is 0.960. The van der Waals surface area contributed by atoms with Crippen LogP contribution in [0.4, 0.5) is 0 Å². The Kier molecular flexibility index (Phi) is 7.37. The molecular weight excluding hydrogens is 286 g/mol. The molecule has 0 aromatic carbocycles. The van der Waals surface area contributed by atoms with Gasteiger partial charge in [-0.1, -0.05) is 25.8 Å². The minimum absolute atomic E-state index is 0.0467. The third-order valence-electron chi connectivity index (χ3n) is 2.90. The number of pyridine rings is 1. The van der Waals surface area contributed by atoms with E-state index < -0.39 is 10.0 Å². The maximum absolute atomic E-state index is 12.4. The molecule has 1 aromatic heterocycles. The van der Waals surface area contributed by atoms with Crippen molar-refractivity contribution in [3.63, 3.8) is 0 Å². The zero-order chi connectivity index (χ0) is 15.7. The quantitative estimate of drug-likeness (QED) is 0.556. The Bertz CT molecular complexity index is 562. The molecule has 0 saturated heterocycles. The van der Waals surface area contributed by atoms with Crippen molar-refractivity contribution < 1.29 is 8.42 Å². The van der Waals surface area contributed by atoms with Gasteiger partial charge < -0.3 is 5.32 Å². The summed E-state index contributed by atoms with van der Waals surface area (Å²) in [6.07, 6.45) is 8.60. The van der Waals surface area contributed by atoms with Gasteiger partial charge in [-0.25, -0.2) is 13.4 Å². The first-order valence-corrected chi connectivity index (χ1v) is 8.59. The van der Waals surface area contributed by atoms with Crippen molar-refractivity contribution in [2.45, 2.75) is 38.3 Å². The molecule has 0 fully saturated rings. The SMILES string of the molecule is C#CCN(CCC)S(=O)(=O)c1ccc(CNCCC)cn1. The Morgan fingerprint density at radius 1 is 1.33 bits per heavy atom. The Hall–Kier alpha value is -1.42. The summed E-state index contributed by atoms with van der Waals surface area (Å²) in [7, 11) is -3.61. The summed E-state index contributed by atoms with van der Waals surface area (Å²) >= 11 is 0. The number of hydrogen-bond donors (Lipinski definition) is 1. The molecule has 0 aliphatic rings. The van der Waals surface area contributed by atoms with Gasteiger partial charge in [0, 0.05) is 19.3 Å². The van der Waals surface area contributed by atoms with E-state index in [1.165, 1.54) is 10.4 Å². The van der Waals surface area contributed by atoms with Crippen molar-refractivity contribution in [3.8, 4) is 12.3 Å². The predicted octanol–water partition coefficient (Wildman–Crippen LogP) is 1.62. The number of nitrogens with one attached hydrogen (secondary N) is 1. The van der Waals surface area contributed by atoms with Crippen LogP contribution in [0, 0.1) is 12.3 Å². The molecule has 1 N–H and O–H groups in total. The third-order valence-corrected chi connectivity index (χ3v) is 4.66. The van der Waals surface area contributed by atoms with Crippen LogP contribution in [0.5, 0.6) is 0 Å². The van der Waals surface area contributed by atoms with Crippen LogP contribution in [0.2, 0.25) is 0 Å². The fraction of sp³-hybridized carbons (Fsp3) is 0.533. The van der Waals surface area contributed by atoms with Gasteiger partial charge in [-0.3, -0.25) is 0 Å². The largest absolute Gasteiger partial charge is 0.313 e. The summed E-state index contributed by atoms with van der Waals surface area (Å²) in [6, 6.07) is 3.32. The average Bonchev–Trinajstić information content (AvgIpc) is 2.48. The van der Waals surface area contributed by atoms with E-state index >= 15 is 0 Å². The van der Waals surface area contributed by atoms with E-state index in [1.54, 1.807) is 12.3 Å². The molecule has 1 aromatic rings. The summed E-state index contributed by atoms with van der Waals surface area (Å²) in [5.74, 6) is 2.38. The summed E-state index contributed by atoms with van der Waals surface area (Å²) in [6.45, 7) is 6.08. The summed E-state index contributed by atoms with van der Waals surface area (Å²) in [5, 5.41) is 3.29. The highest BCUT2D eigenvalue weighted by Crippen LogP contribution is 2.14. The fourth-order valence-corrected chi connectivity index (χ4v) is 3.20. The van der Waals surface area contributed by atoms with Gasteiger partial charge in [0.05, 0.1) is 6.54 Å². The van der Waals surface area contributed by atoms with Gasteiger partial charge in [0.25, 0.3) is 10.0 Å². The lowest BCUT2D eigenvalue weighted by atomic mass is 10.3. The molecule has 0 amide bonds. The maximum atomic E-state index is 12.4. The standard InChI is InChI=1S/C15H23N3O2S/c1-4-9-16-12-14-7-8-15(17-13-14)21(19,20)18(10-5-2)11-6-3/h2,7-8,13,16H,4,6,9-12H2,1,3H3. The number of sulfonamides is 1. The molecular formula is C15H23N3O2S. The highest BCUT2D eigenvalue weighted by atomic mass is 32.2. The first-order chi connectivity index (χ1) is 10.1. The molecule has 0 saturated carbocycles. The van der Waals surface area contributed by atoms with Gasteiger partial charge in [0.15, 0.2) is 5.03 Å². The molecule has 1 rings (SSSR count). The zero-order valence-corrected chi connectivity index (χ0v) is 13.5. The van der Waals surface area contributed by atoms with E-state index in [9.17, 15) is 8.42 Å². The van der Waals surface area contributed by atoms with Crippen LogP contribution in [0.1, 0.15) is 32.3 Å². The minimum Gasteiger partial charge on any atom is -0.313 e. The van der Waals surface area contributed by atoms with Gasteiger partial charge in [-0.05, 0) is 31.0 Å². The van der Waals surface area contributed by atoms with Crippen LogP contribution in [-0.4, -0.2) is 37.3 Å². The Balaban J connectivity index is 2.85. The van der Waals surface area contributed by atoms with Crippen molar-refractivity contribution in [3.05, 3.63) is 23.9 Å². The lowest BCUT2D eigenvalue weighted by Crippen LogP contribution is -2.32. The van der Waals surface area contributed by atoms with Crippen molar-refractivity contribution in [2.75, 3.05) is 19.6 Å². The lowest BCUT2D eigenvalue weighted by Gasteiger charge is -2.18. The average molecular weight is 309 g/mol. The van der Waals surface area contributed by atoms with Gasteiger partial charge in [-0.2, -0.15) is 4.31 Å². The van der Waals surface area contributed by atoms with E-state index in [0.717, 1.165) is 18.5 Å². The second-order valence-electron chi connectivity index (χ2n) is 4.72. The van der Waals surface area contributed by atoms with E-state index in [0.29, 0.717) is 19.5 Å². The molecule has 1 heterocycles. The minimum atomic E-state index is -3.61. The fourth-order valence-electron chi connectivity index (χ4n) is 1.85. The first-order valence-electron chi connectivity index (χ1n) is 7.15. The van der Waals surface area contributed by atoms with E-state index in [4.69, 9.17) is 6.42 Å². The molecule has 0 aliphatic heterocycles. The van der Waals surface area contributed by atoms with Gasteiger partial charge in [0.1, 0.15) is 0 Å². The van der Waals surface area contributed by atoms with Gasteiger partial charge in [-0.15, -0.1) is 6.42 Å². The monoisotopic (exact) mass is 309 g/mol. The highest BCUT2D eigenvalue weighted by Gasteiger charge is 2.24. The zero-order valence-electron chi connectivity index (χ0n) is 12.7. The molecule has 6 heteroatoms. The molecule has 0 spiro atoms. The number of terminal acetylenes is 1. The second kappa shape index (κ2) is 8.78. The number of hydrogen-bond acceptors (Lipinski definition) is 4. The molecule has 5 nitrogen and oxygen atoms in total. The number of rotatable bonds is 9. The smallest absolute Gasteiger partial charge is 0.261 e. The van der Waals surface area contributed by atoms with Crippen molar-refractivity contribution >= 4 is 10.0 Å². The molecule has 0 unspecified atom stereocenters. The van der Waals surface area contributed by atoms with Crippen LogP contribution in [-0.2, 0) is 16.6 Å². The van der Waals surface area contributed by atoms with Crippen LogP contribution in [0.25, 0.3) is 0 Å². The maximum Gasteiger partial charge on any atom is 0.261 e. The Morgan fingerprint density at radius 3 is 2.62 bits per heavy atom. The van der Waals surface area contributed by atoms with Crippen LogP contribution < -0.4 is 5.32 Å². The first kappa shape index (κ1) is 17.6. The molecule has 116 valence electrons. The normalized spacial score (nSPS) is 11.5. The van der Waals surface area contributed by atoms with E-state index in [-0.39, 0.29) is 11.6 Å². The lowest BCUT2D eigenvalue weighted by molar-refractivity contribution is 0.443. The molecule has 0 aliphatic carbocycles. The van der Waals surface area contributed by atoms with E-state index in [1.807, 2.05) is 6.92 Å². The van der Waals surface area contributed by atoms with Crippen LogP contribution in [0.15, 0.2) is 23.4 Å². The molecule has 0 radical (unpaired) electrons. The third kappa shape index (κ3) is 5.12. The molecule has 0 atom stereocenters.